The summed E-state index contributed by atoms with van der Waals surface area (Å²) in [6.45, 7) is 7.08. The number of hydrogen-bond donors (Lipinski definition) is 0. The molecule has 4 aromatic rings. The molecule has 1 unspecified atom stereocenters. The smallest absolute Gasteiger partial charge is 0.338 e. The lowest BCUT2D eigenvalue weighted by Gasteiger charge is -2.51. The summed E-state index contributed by atoms with van der Waals surface area (Å²) in [5, 5.41) is 0. The van der Waals surface area contributed by atoms with Gasteiger partial charge in [-0.25, -0.2) is 4.79 Å². The number of unbranched alkanes of at least 4 members (excludes halogenated alkanes) is 2. The molecule has 2 bridgehead atoms. The molecule has 3 heterocycles. The maximum absolute atomic E-state index is 14.3. The molecule has 3 fully saturated rings. The molecule has 0 amide bonds. The third-order valence-corrected chi connectivity index (χ3v) is 13.3. The van der Waals surface area contributed by atoms with E-state index in [0.29, 0.717) is 25.2 Å². The summed E-state index contributed by atoms with van der Waals surface area (Å²) in [5.41, 5.74) is 3.33. The zero-order chi connectivity index (χ0) is 45.9. The van der Waals surface area contributed by atoms with Gasteiger partial charge in [0.2, 0.25) is 0 Å². The summed E-state index contributed by atoms with van der Waals surface area (Å²) >= 11 is 0. The molecule has 3 aliphatic rings. The second-order valence-corrected chi connectivity index (χ2v) is 18.4. The quantitative estimate of drug-likeness (QED) is 0.0845. The molecule has 11 atom stereocenters. The maximum atomic E-state index is 14.3. The number of benzene rings is 4. The lowest BCUT2D eigenvalue weighted by atomic mass is 9.82. The Hall–Kier alpha value is -4.42. The van der Waals surface area contributed by atoms with Gasteiger partial charge in [-0.3, -0.25) is 4.79 Å². The topological polar surface area (TPSA) is 108 Å². The molecule has 0 N–H and O–H groups in total. The van der Waals surface area contributed by atoms with Crippen molar-refractivity contribution >= 4 is 11.9 Å². The first-order valence-electron chi connectivity index (χ1n) is 24.8. The van der Waals surface area contributed by atoms with Crippen LogP contribution in [0.25, 0.3) is 0 Å². The highest BCUT2D eigenvalue weighted by molar-refractivity contribution is 5.89. The van der Waals surface area contributed by atoms with Crippen LogP contribution in [0.4, 0.5) is 0 Å². The van der Waals surface area contributed by atoms with E-state index in [0.717, 1.165) is 87.3 Å². The third-order valence-electron chi connectivity index (χ3n) is 13.3. The van der Waals surface area contributed by atoms with Gasteiger partial charge < -0.3 is 37.9 Å². The van der Waals surface area contributed by atoms with Crippen molar-refractivity contribution in [3.8, 4) is 0 Å². The van der Waals surface area contributed by atoms with Crippen LogP contribution in [0.5, 0.6) is 0 Å². The first kappa shape index (κ1) is 49.5. The van der Waals surface area contributed by atoms with Gasteiger partial charge in [0, 0.05) is 6.42 Å². The van der Waals surface area contributed by atoms with E-state index in [4.69, 9.17) is 37.9 Å². The molecular weight excluding hydrogens is 833 g/mol. The Morgan fingerprint density at radius 3 is 1.65 bits per heavy atom. The van der Waals surface area contributed by atoms with Crippen molar-refractivity contribution in [2.24, 2.45) is 5.92 Å². The summed E-state index contributed by atoms with van der Waals surface area (Å²) < 4.78 is 55.1. The van der Waals surface area contributed by atoms with Crippen LogP contribution in [0.15, 0.2) is 121 Å². The molecule has 356 valence electrons. The van der Waals surface area contributed by atoms with Gasteiger partial charge in [-0.1, -0.05) is 174 Å². The van der Waals surface area contributed by atoms with E-state index in [1.165, 1.54) is 0 Å². The van der Waals surface area contributed by atoms with Crippen LogP contribution in [-0.2, 0) is 62.5 Å². The molecular formula is C56H72O10. The van der Waals surface area contributed by atoms with E-state index >= 15 is 0 Å². The van der Waals surface area contributed by atoms with Crippen LogP contribution in [0.2, 0.25) is 0 Å². The third kappa shape index (κ3) is 14.3. The number of rotatable bonds is 15. The van der Waals surface area contributed by atoms with E-state index in [1.807, 2.05) is 79.7 Å². The zero-order valence-corrected chi connectivity index (χ0v) is 39.3. The highest BCUT2D eigenvalue weighted by Crippen LogP contribution is 2.40. The van der Waals surface area contributed by atoms with E-state index in [-0.39, 0.29) is 31.0 Å². The summed E-state index contributed by atoms with van der Waals surface area (Å²) in [6.07, 6.45) is 4.84. The molecule has 0 radical (unpaired) electrons. The first-order valence-corrected chi connectivity index (χ1v) is 24.8. The SMILES string of the molecule is CCCCCC1CCCCCCCCCC(=O)O[C@@H]2[C@@H](OC(=O)c3ccccc3)[C@H](O[C@@H]3[C@@H](OCc4ccccc4)[C@H](OCc4ccccc4)[C@@H](C)O[C@@H]13)O[C@H](C)[C@H]2OCc1ccccc1. The largest absolute Gasteiger partial charge is 0.455 e. The van der Waals surface area contributed by atoms with Crippen LogP contribution >= 0.6 is 0 Å². The number of carbonyl (C=O) groups is 2. The monoisotopic (exact) mass is 905 g/mol. The molecule has 10 nitrogen and oxygen atoms in total. The molecule has 0 spiro atoms. The molecule has 0 aromatic heterocycles. The van der Waals surface area contributed by atoms with Crippen molar-refractivity contribution in [2.45, 2.75) is 185 Å². The molecule has 10 heteroatoms. The fourth-order valence-electron chi connectivity index (χ4n) is 9.69. The van der Waals surface area contributed by atoms with Gasteiger partial charge in [0.05, 0.1) is 43.7 Å². The molecule has 4 aromatic carbocycles. The lowest BCUT2D eigenvalue weighted by molar-refractivity contribution is -0.348. The molecule has 3 saturated heterocycles. The summed E-state index contributed by atoms with van der Waals surface area (Å²) in [7, 11) is 0. The fraction of sp³-hybridized carbons (Fsp3) is 0.536. The van der Waals surface area contributed by atoms with E-state index < -0.39 is 61.1 Å². The number of carbonyl (C=O) groups excluding carboxylic acids is 2. The van der Waals surface area contributed by atoms with E-state index in [1.54, 1.807) is 24.3 Å². The number of fused-ring (bicyclic) bond motifs is 3. The minimum Gasteiger partial charge on any atom is -0.455 e. The predicted molar refractivity (Wildman–Crippen MR) is 253 cm³/mol. The predicted octanol–water partition coefficient (Wildman–Crippen LogP) is 11.5. The van der Waals surface area contributed by atoms with Crippen molar-refractivity contribution in [3.63, 3.8) is 0 Å². The average Bonchev–Trinajstić information content (AvgIpc) is 3.34. The van der Waals surface area contributed by atoms with Gasteiger partial charge in [0.1, 0.15) is 24.4 Å². The zero-order valence-electron chi connectivity index (χ0n) is 39.3. The Balaban J connectivity index is 1.31. The Morgan fingerprint density at radius 2 is 1.06 bits per heavy atom. The molecule has 66 heavy (non-hydrogen) atoms. The fourth-order valence-corrected chi connectivity index (χ4v) is 9.69. The molecule has 3 aliphatic heterocycles. The lowest BCUT2D eigenvalue weighted by Crippen LogP contribution is -2.66. The minimum absolute atomic E-state index is 0.127. The molecule has 0 saturated carbocycles. The van der Waals surface area contributed by atoms with Crippen LogP contribution in [0, 0.1) is 5.92 Å². The van der Waals surface area contributed by atoms with Crippen LogP contribution in [0.1, 0.15) is 131 Å². The Labute approximate surface area is 392 Å². The van der Waals surface area contributed by atoms with Gasteiger partial charge in [-0.05, 0) is 67.9 Å². The van der Waals surface area contributed by atoms with E-state index in [2.05, 4.69) is 38.1 Å². The summed E-state index contributed by atoms with van der Waals surface area (Å²) in [6, 6.07) is 38.9. The highest BCUT2D eigenvalue weighted by Gasteiger charge is 2.55. The number of hydrogen-bond acceptors (Lipinski definition) is 10. The van der Waals surface area contributed by atoms with Crippen molar-refractivity contribution < 1.29 is 47.5 Å². The van der Waals surface area contributed by atoms with Crippen molar-refractivity contribution in [1.29, 1.82) is 0 Å². The van der Waals surface area contributed by atoms with Crippen molar-refractivity contribution in [2.75, 3.05) is 0 Å². The highest BCUT2D eigenvalue weighted by atomic mass is 16.7. The molecule has 7 rings (SSSR count). The standard InChI is InChI=1S/C56H72O10/c1-4-5-15-32-45-33-22-9-7-6-8-10-25-36-47(57)64-52-49(60-38-43-28-18-12-19-29-43)41(3)63-56(54(52)65-55(58)46-34-23-14-24-35-46)66-53-50(45)62-40(2)48(59-37-42-26-16-11-17-27-42)51(53)61-39-44-30-20-13-21-31-44/h11-14,16-21,23-24,26-31,34-35,40-41,45,48-54,56H,4-10,15,22,25,32-33,36-39H2,1-3H3/t40-,41-,45?,48-,49-,50+,51+,52+,53+,54-,56+/m1/s1. The summed E-state index contributed by atoms with van der Waals surface area (Å²) in [4.78, 5) is 28.2. The van der Waals surface area contributed by atoms with Gasteiger partial charge in [-0.2, -0.15) is 0 Å². The van der Waals surface area contributed by atoms with Crippen LogP contribution in [0.3, 0.4) is 0 Å². The van der Waals surface area contributed by atoms with Crippen molar-refractivity contribution in [3.05, 3.63) is 144 Å². The summed E-state index contributed by atoms with van der Waals surface area (Å²) in [5.74, 6) is -0.853. The molecule has 0 aliphatic carbocycles. The Bertz CT molecular complexity index is 1980. The average molecular weight is 905 g/mol. The van der Waals surface area contributed by atoms with Gasteiger partial charge in [0.15, 0.2) is 18.5 Å². The van der Waals surface area contributed by atoms with Gasteiger partial charge >= 0.3 is 11.9 Å². The van der Waals surface area contributed by atoms with Gasteiger partial charge in [0.25, 0.3) is 0 Å². The minimum atomic E-state index is -1.23. The second-order valence-electron chi connectivity index (χ2n) is 18.4. The Kier molecular flexibility index (Phi) is 19.7. The first-order chi connectivity index (χ1) is 32.4. The maximum Gasteiger partial charge on any atom is 0.338 e. The number of ether oxygens (including phenoxy) is 8. The Morgan fingerprint density at radius 1 is 0.545 bits per heavy atom. The van der Waals surface area contributed by atoms with Gasteiger partial charge in [-0.15, -0.1) is 0 Å². The normalized spacial score (nSPS) is 29.1. The van der Waals surface area contributed by atoms with Crippen LogP contribution < -0.4 is 0 Å². The second kappa shape index (κ2) is 26.2. The van der Waals surface area contributed by atoms with E-state index in [9.17, 15) is 9.59 Å². The van der Waals surface area contributed by atoms with Crippen molar-refractivity contribution in [1.82, 2.24) is 0 Å². The number of esters is 2. The van der Waals surface area contributed by atoms with Crippen LogP contribution in [-0.4, -0.2) is 73.2 Å².